The van der Waals surface area contributed by atoms with Gasteiger partial charge in [-0.3, -0.25) is 4.79 Å². The summed E-state index contributed by atoms with van der Waals surface area (Å²) in [7, 11) is 0. The number of Topliss-reactive ketones (excluding diaryl/α,β-unsaturated/α-hetero) is 1. The van der Waals surface area contributed by atoms with E-state index in [1.807, 2.05) is 0 Å². The van der Waals surface area contributed by atoms with E-state index in [4.69, 9.17) is 0 Å². The molecule has 0 bridgehead atoms. The van der Waals surface area contributed by atoms with Crippen molar-refractivity contribution in [3.05, 3.63) is 69.7 Å². The topological polar surface area (TPSA) is 17.1 Å². The summed E-state index contributed by atoms with van der Waals surface area (Å²) >= 11 is 3.01. The van der Waals surface area contributed by atoms with Gasteiger partial charge in [0.15, 0.2) is 5.78 Å². The Labute approximate surface area is 112 Å². The molecule has 4 heteroatoms. The third kappa shape index (κ3) is 2.82. The van der Waals surface area contributed by atoms with Crippen LogP contribution in [0.1, 0.15) is 15.9 Å². The van der Waals surface area contributed by atoms with Crippen molar-refractivity contribution in [2.45, 2.75) is 6.42 Å². The molecule has 2 aromatic rings. The van der Waals surface area contributed by atoms with Crippen LogP contribution in [0, 0.1) is 11.6 Å². The predicted octanol–water partition coefficient (Wildman–Crippen LogP) is 4.15. The summed E-state index contributed by atoms with van der Waals surface area (Å²) in [6, 6.07) is 10.1. The second-order valence-corrected chi connectivity index (χ2v) is 4.67. The van der Waals surface area contributed by atoms with Crippen LogP contribution < -0.4 is 0 Å². The van der Waals surface area contributed by atoms with Gasteiger partial charge in [0.25, 0.3) is 0 Å². The van der Waals surface area contributed by atoms with Crippen LogP contribution in [-0.4, -0.2) is 5.78 Å². The number of rotatable bonds is 3. The first-order chi connectivity index (χ1) is 8.58. The summed E-state index contributed by atoms with van der Waals surface area (Å²) in [5, 5.41) is 0. The fraction of sp³-hybridized carbons (Fsp3) is 0.0714. The number of ketones is 1. The fourth-order valence-electron chi connectivity index (χ4n) is 1.59. The molecule has 2 aromatic carbocycles. The Kier molecular flexibility index (Phi) is 3.87. The van der Waals surface area contributed by atoms with Crippen LogP contribution >= 0.6 is 15.9 Å². The van der Waals surface area contributed by atoms with Gasteiger partial charge in [0.1, 0.15) is 11.6 Å². The first-order valence-electron chi connectivity index (χ1n) is 5.29. The number of hydrogen-bond acceptors (Lipinski definition) is 1. The zero-order valence-electron chi connectivity index (χ0n) is 9.29. The van der Waals surface area contributed by atoms with E-state index in [1.165, 1.54) is 24.3 Å². The minimum absolute atomic E-state index is 0.0370. The number of halogens is 3. The van der Waals surface area contributed by atoms with Gasteiger partial charge in [0, 0.05) is 12.0 Å². The van der Waals surface area contributed by atoms with Gasteiger partial charge in [-0.15, -0.1) is 0 Å². The highest BCUT2D eigenvalue weighted by Gasteiger charge is 2.11. The molecule has 0 aliphatic heterocycles. The van der Waals surface area contributed by atoms with E-state index in [1.54, 1.807) is 18.2 Å². The molecule has 0 aromatic heterocycles. The van der Waals surface area contributed by atoms with Gasteiger partial charge < -0.3 is 0 Å². The molecule has 0 aliphatic rings. The quantitative estimate of drug-likeness (QED) is 0.778. The van der Waals surface area contributed by atoms with Crippen LogP contribution in [0.4, 0.5) is 8.78 Å². The third-order valence-corrected chi connectivity index (χ3v) is 3.16. The van der Waals surface area contributed by atoms with E-state index < -0.39 is 11.6 Å². The molecule has 0 spiro atoms. The molecule has 0 saturated heterocycles. The van der Waals surface area contributed by atoms with E-state index in [0.29, 0.717) is 11.1 Å². The highest BCUT2D eigenvalue weighted by molar-refractivity contribution is 9.10. The lowest BCUT2D eigenvalue weighted by atomic mass is 10.0. The molecule has 0 unspecified atom stereocenters. The average molecular weight is 311 g/mol. The van der Waals surface area contributed by atoms with E-state index in [2.05, 4.69) is 15.9 Å². The average Bonchev–Trinajstić information content (AvgIpc) is 2.35. The van der Waals surface area contributed by atoms with Gasteiger partial charge in [-0.25, -0.2) is 8.78 Å². The Balaban J connectivity index is 2.22. The van der Waals surface area contributed by atoms with Crippen LogP contribution in [0.25, 0.3) is 0 Å². The molecular weight excluding hydrogens is 302 g/mol. The van der Waals surface area contributed by atoms with E-state index in [0.717, 1.165) is 0 Å². The van der Waals surface area contributed by atoms with Crippen molar-refractivity contribution in [1.29, 1.82) is 0 Å². The highest BCUT2D eigenvalue weighted by Crippen LogP contribution is 2.18. The molecule has 92 valence electrons. The molecule has 0 amide bonds. The second-order valence-electron chi connectivity index (χ2n) is 3.82. The molecule has 18 heavy (non-hydrogen) atoms. The van der Waals surface area contributed by atoms with Crippen LogP contribution in [0.3, 0.4) is 0 Å². The maximum Gasteiger partial charge on any atom is 0.167 e. The molecule has 1 nitrogen and oxygen atoms in total. The lowest BCUT2D eigenvalue weighted by Gasteiger charge is -2.04. The molecule has 0 fully saturated rings. The molecule has 0 saturated carbocycles. The lowest BCUT2D eigenvalue weighted by molar-refractivity contribution is 0.0991. The predicted molar refractivity (Wildman–Crippen MR) is 68.5 cm³/mol. The van der Waals surface area contributed by atoms with Gasteiger partial charge in [-0.1, -0.05) is 18.2 Å². The molecule has 0 aliphatic carbocycles. The first kappa shape index (κ1) is 12.9. The molecular formula is C14H9BrF2O. The summed E-state index contributed by atoms with van der Waals surface area (Å²) in [6.07, 6.45) is -0.0370. The van der Waals surface area contributed by atoms with Gasteiger partial charge >= 0.3 is 0 Å². The largest absolute Gasteiger partial charge is 0.294 e. The molecule has 0 N–H and O–H groups in total. The zero-order valence-corrected chi connectivity index (χ0v) is 10.9. The van der Waals surface area contributed by atoms with E-state index >= 15 is 0 Å². The monoisotopic (exact) mass is 310 g/mol. The Morgan fingerprint density at radius 1 is 1.06 bits per heavy atom. The van der Waals surface area contributed by atoms with Crippen molar-refractivity contribution < 1.29 is 13.6 Å². The lowest BCUT2D eigenvalue weighted by Crippen LogP contribution is -2.05. The third-order valence-electron chi connectivity index (χ3n) is 2.55. The Hall–Kier alpha value is -1.55. The molecule has 0 atom stereocenters. The maximum absolute atomic E-state index is 13.4. The highest BCUT2D eigenvalue weighted by atomic mass is 79.9. The van der Waals surface area contributed by atoms with Crippen molar-refractivity contribution in [3.8, 4) is 0 Å². The zero-order chi connectivity index (χ0) is 13.1. The van der Waals surface area contributed by atoms with Crippen LogP contribution in [-0.2, 0) is 6.42 Å². The van der Waals surface area contributed by atoms with Crippen LogP contribution in [0.5, 0.6) is 0 Å². The molecule has 2 rings (SSSR count). The summed E-state index contributed by atoms with van der Waals surface area (Å²) in [5.74, 6) is -1.09. The smallest absolute Gasteiger partial charge is 0.167 e. The van der Waals surface area contributed by atoms with Crippen molar-refractivity contribution in [1.82, 2.24) is 0 Å². The second kappa shape index (κ2) is 5.40. The standard InChI is InChI=1S/C14H9BrF2O/c15-11-7-10(5-6-13(11)17)14(18)8-9-3-1-2-4-12(9)16/h1-7H,8H2. The summed E-state index contributed by atoms with van der Waals surface area (Å²) < 4.78 is 26.6. The first-order valence-corrected chi connectivity index (χ1v) is 6.09. The van der Waals surface area contributed by atoms with Crippen LogP contribution in [0.2, 0.25) is 0 Å². The summed E-state index contributed by atoms with van der Waals surface area (Å²) in [4.78, 5) is 11.9. The van der Waals surface area contributed by atoms with Crippen molar-refractivity contribution in [2.75, 3.05) is 0 Å². The normalized spacial score (nSPS) is 10.4. The summed E-state index contributed by atoms with van der Waals surface area (Å²) in [5.41, 5.74) is 0.689. The fourth-order valence-corrected chi connectivity index (χ4v) is 1.97. The number of carbonyl (C=O) groups is 1. The van der Waals surface area contributed by atoms with E-state index in [-0.39, 0.29) is 16.7 Å². The number of benzene rings is 2. The van der Waals surface area contributed by atoms with Gasteiger partial charge in [0.05, 0.1) is 4.47 Å². The van der Waals surface area contributed by atoms with Crippen molar-refractivity contribution >= 4 is 21.7 Å². The van der Waals surface area contributed by atoms with E-state index in [9.17, 15) is 13.6 Å². The molecule has 0 heterocycles. The Morgan fingerprint density at radius 2 is 1.78 bits per heavy atom. The minimum atomic E-state index is -0.433. The van der Waals surface area contributed by atoms with Gasteiger partial charge in [0.2, 0.25) is 0 Å². The van der Waals surface area contributed by atoms with Crippen LogP contribution in [0.15, 0.2) is 46.9 Å². The van der Waals surface area contributed by atoms with Gasteiger partial charge in [-0.2, -0.15) is 0 Å². The van der Waals surface area contributed by atoms with Crippen molar-refractivity contribution in [2.24, 2.45) is 0 Å². The number of hydrogen-bond donors (Lipinski definition) is 0. The summed E-state index contributed by atoms with van der Waals surface area (Å²) in [6.45, 7) is 0. The van der Waals surface area contributed by atoms with Crippen molar-refractivity contribution in [3.63, 3.8) is 0 Å². The maximum atomic E-state index is 13.4. The number of carbonyl (C=O) groups excluding carboxylic acids is 1. The van der Waals surface area contributed by atoms with Gasteiger partial charge in [-0.05, 0) is 45.8 Å². The Morgan fingerprint density at radius 3 is 2.44 bits per heavy atom. The SMILES string of the molecule is O=C(Cc1ccccc1F)c1ccc(F)c(Br)c1. The minimum Gasteiger partial charge on any atom is -0.294 e. The molecule has 0 radical (unpaired) electrons. The Bertz CT molecular complexity index is 596.